The first-order valence-corrected chi connectivity index (χ1v) is 10.4. The normalized spacial score (nSPS) is 33.7. The summed E-state index contributed by atoms with van der Waals surface area (Å²) >= 11 is 0. The lowest BCUT2D eigenvalue weighted by atomic mass is 9.46. The van der Waals surface area contributed by atoms with Crippen molar-refractivity contribution < 1.29 is 9.53 Å². The van der Waals surface area contributed by atoms with Crippen LogP contribution in [0.1, 0.15) is 45.1 Å². The van der Waals surface area contributed by atoms with Crippen LogP contribution in [0.5, 0.6) is 0 Å². The summed E-state index contributed by atoms with van der Waals surface area (Å²) in [5.41, 5.74) is 6.95. The van der Waals surface area contributed by atoms with Gasteiger partial charge in [0.25, 0.3) is 0 Å². The number of ether oxygens (including phenoxy) is 1. The molecule has 3 N–H and O–H groups in total. The van der Waals surface area contributed by atoms with Gasteiger partial charge in [-0.2, -0.15) is 0 Å². The highest BCUT2D eigenvalue weighted by atomic mass is 16.5. The summed E-state index contributed by atoms with van der Waals surface area (Å²) in [4.78, 5) is 15.6. The Morgan fingerprint density at radius 3 is 2.63 bits per heavy atom. The molecule has 2 heterocycles. The third kappa shape index (κ3) is 3.20. The van der Waals surface area contributed by atoms with E-state index in [2.05, 4.69) is 54.4 Å². The van der Waals surface area contributed by atoms with Crippen LogP contribution in [0.2, 0.25) is 0 Å². The van der Waals surface area contributed by atoms with Gasteiger partial charge in [-0.25, -0.2) is 0 Å². The van der Waals surface area contributed by atoms with Crippen LogP contribution in [-0.4, -0.2) is 48.2 Å². The number of nitrogens with zero attached hydrogens (tertiary/aromatic N) is 1. The van der Waals surface area contributed by atoms with E-state index < -0.39 is 5.54 Å². The highest BCUT2D eigenvalue weighted by Crippen LogP contribution is 2.57. The monoisotopic (exact) mass is 371 g/mol. The number of amides is 1. The summed E-state index contributed by atoms with van der Waals surface area (Å²) in [6.07, 6.45) is 4.09. The summed E-state index contributed by atoms with van der Waals surface area (Å²) in [7, 11) is 0. The third-order valence-corrected chi connectivity index (χ3v) is 7.23. The molecule has 4 rings (SSSR count). The first-order chi connectivity index (χ1) is 12.9. The lowest BCUT2D eigenvalue weighted by Gasteiger charge is -2.65. The van der Waals surface area contributed by atoms with Crippen molar-refractivity contribution in [3.05, 3.63) is 35.9 Å². The zero-order valence-corrected chi connectivity index (χ0v) is 16.6. The van der Waals surface area contributed by atoms with Crippen LogP contribution in [0.4, 0.5) is 0 Å². The number of nitrogens with two attached hydrogens (primary N) is 1. The van der Waals surface area contributed by atoms with Crippen molar-refractivity contribution in [3.8, 4) is 0 Å². The first-order valence-electron chi connectivity index (χ1n) is 10.4. The molecule has 0 bridgehead atoms. The van der Waals surface area contributed by atoms with E-state index in [1.54, 1.807) is 0 Å². The average molecular weight is 372 g/mol. The number of likely N-dealkylation sites (tertiary alicyclic amines) is 1. The SMILES string of the molecule is CC1(C)C2OCCCC2C1(N)C(=O)NC1CCN(Cc2ccccc2)CC1. The predicted octanol–water partition coefficient (Wildman–Crippen LogP) is 2.30. The van der Waals surface area contributed by atoms with E-state index >= 15 is 0 Å². The van der Waals surface area contributed by atoms with Crippen molar-refractivity contribution >= 4 is 5.91 Å². The van der Waals surface area contributed by atoms with Crippen LogP contribution in [0, 0.1) is 11.3 Å². The van der Waals surface area contributed by atoms with Crippen molar-refractivity contribution in [1.82, 2.24) is 10.2 Å². The van der Waals surface area contributed by atoms with Crippen molar-refractivity contribution in [3.63, 3.8) is 0 Å². The molecular formula is C22H33N3O2. The standard InChI is InChI=1S/C22H33N3O2/c1-21(2)19-18(9-6-14-27-19)22(21,23)20(26)24-17-10-12-25(13-11-17)15-16-7-4-3-5-8-16/h3-5,7-8,17-19H,6,9-15,23H2,1-2H3,(H,24,26). The maximum Gasteiger partial charge on any atom is 0.241 e. The van der Waals surface area contributed by atoms with Crippen molar-refractivity contribution in [2.45, 2.75) is 63.8 Å². The summed E-state index contributed by atoms with van der Waals surface area (Å²) in [6.45, 7) is 7.97. The maximum absolute atomic E-state index is 13.2. The molecule has 1 aromatic rings. The minimum Gasteiger partial charge on any atom is -0.377 e. The lowest BCUT2D eigenvalue weighted by molar-refractivity contribution is -0.225. The number of hydrogen-bond acceptors (Lipinski definition) is 4. The van der Waals surface area contributed by atoms with Gasteiger partial charge in [-0.15, -0.1) is 0 Å². The molecule has 1 aliphatic carbocycles. The number of benzene rings is 1. The second-order valence-corrected chi connectivity index (χ2v) is 9.14. The highest BCUT2D eigenvalue weighted by Gasteiger charge is 2.70. The molecule has 5 heteroatoms. The van der Waals surface area contributed by atoms with Crippen LogP contribution >= 0.6 is 0 Å². The number of hydrogen-bond donors (Lipinski definition) is 2. The Balaban J connectivity index is 1.32. The highest BCUT2D eigenvalue weighted by molar-refractivity contribution is 5.89. The van der Waals surface area contributed by atoms with Gasteiger partial charge >= 0.3 is 0 Å². The molecule has 2 aliphatic heterocycles. The van der Waals surface area contributed by atoms with Crippen molar-refractivity contribution in [2.75, 3.05) is 19.7 Å². The minimum absolute atomic E-state index is 0.0285. The number of carbonyl (C=O) groups excluding carboxylic acids is 1. The minimum atomic E-state index is -0.806. The molecule has 3 fully saturated rings. The summed E-state index contributed by atoms with van der Waals surface area (Å²) in [5.74, 6) is 0.181. The summed E-state index contributed by atoms with van der Waals surface area (Å²) in [5, 5.41) is 3.29. The van der Waals surface area contributed by atoms with E-state index in [0.717, 1.165) is 51.9 Å². The van der Waals surface area contributed by atoms with Gasteiger partial charge in [0, 0.05) is 43.6 Å². The van der Waals surface area contributed by atoms with Gasteiger partial charge in [-0.1, -0.05) is 44.2 Å². The number of rotatable bonds is 4. The Hall–Kier alpha value is -1.43. The quantitative estimate of drug-likeness (QED) is 0.852. The number of piperidine rings is 1. The maximum atomic E-state index is 13.2. The zero-order chi connectivity index (χ0) is 19.1. The van der Waals surface area contributed by atoms with Crippen LogP contribution < -0.4 is 11.1 Å². The molecule has 3 unspecified atom stereocenters. The van der Waals surface area contributed by atoms with Crippen molar-refractivity contribution in [1.29, 1.82) is 0 Å². The van der Waals surface area contributed by atoms with Gasteiger partial charge in [0.1, 0.15) is 5.54 Å². The van der Waals surface area contributed by atoms with Crippen LogP contribution in [0.15, 0.2) is 30.3 Å². The third-order valence-electron chi connectivity index (χ3n) is 7.23. The van der Waals surface area contributed by atoms with E-state index in [4.69, 9.17) is 10.5 Å². The van der Waals surface area contributed by atoms with Gasteiger partial charge in [0.2, 0.25) is 5.91 Å². The van der Waals surface area contributed by atoms with E-state index in [1.807, 2.05) is 0 Å². The molecule has 1 aromatic carbocycles. The molecule has 2 saturated heterocycles. The molecule has 5 nitrogen and oxygen atoms in total. The van der Waals surface area contributed by atoms with E-state index in [9.17, 15) is 4.79 Å². The number of carbonyl (C=O) groups is 1. The van der Waals surface area contributed by atoms with Crippen molar-refractivity contribution in [2.24, 2.45) is 17.1 Å². The van der Waals surface area contributed by atoms with Gasteiger partial charge in [-0.3, -0.25) is 9.69 Å². The molecule has 1 saturated carbocycles. The van der Waals surface area contributed by atoms with Gasteiger partial charge in [-0.05, 0) is 31.2 Å². The average Bonchev–Trinajstić information content (AvgIpc) is 2.69. The fourth-order valence-electron chi connectivity index (χ4n) is 5.42. The van der Waals surface area contributed by atoms with Gasteiger partial charge < -0.3 is 15.8 Å². The Bertz CT molecular complexity index is 669. The number of fused-ring (bicyclic) bond motifs is 1. The fraction of sp³-hybridized carbons (Fsp3) is 0.682. The molecule has 3 atom stereocenters. The summed E-state index contributed by atoms with van der Waals surface area (Å²) in [6, 6.07) is 10.8. The van der Waals surface area contributed by atoms with Gasteiger partial charge in [0.05, 0.1) is 6.10 Å². The predicted molar refractivity (Wildman–Crippen MR) is 106 cm³/mol. The Morgan fingerprint density at radius 1 is 1.22 bits per heavy atom. The van der Waals surface area contributed by atoms with Crippen LogP contribution in [0.3, 0.4) is 0 Å². The number of nitrogens with one attached hydrogen (secondary N) is 1. The van der Waals surface area contributed by atoms with E-state index in [1.165, 1.54) is 5.56 Å². The molecule has 27 heavy (non-hydrogen) atoms. The molecule has 3 aliphatic rings. The second kappa shape index (κ2) is 7.19. The second-order valence-electron chi connectivity index (χ2n) is 9.14. The smallest absolute Gasteiger partial charge is 0.241 e. The molecule has 0 aromatic heterocycles. The molecule has 0 radical (unpaired) electrons. The Kier molecular flexibility index (Phi) is 5.04. The topological polar surface area (TPSA) is 67.6 Å². The fourth-order valence-corrected chi connectivity index (χ4v) is 5.42. The molecule has 148 valence electrons. The lowest BCUT2D eigenvalue weighted by Crippen LogP contribution is -2.82. The summed E-state index contributed by atoms with van der Waals surface area (Å²) < 4.78 is 5.93. The molecular weight excluding hydrogens is 338 g/mol. The van der Waals surface area contributed by atoms with Gasteiger partial charge in [0.15, 0.2) is 0 Å². The van der Waals surface area contributed by atoms with E-state index in [-0.39, 0.29) is 29.4 Å². The largest absolute Gasteiger partial charge is 0.377 e. The Morgan fingerprint density at radius 2 is 1.93 bits per heavy atom. The van der Waals surface area contributed by atoms with E-state index in [0.29, 0.717) is 0 Å². The molecule has 0 spiro atoms. The first kappa shape index (κ1) is 18.9. The molecule has 1 amide bonds. The Labute approximate surface area is 162 Å². The van der Waals surface area contributed by atoms with Crippen LogP contribution in [0.25, 0.3) is 0 Å². The zero-order valence-electron chi connectivity index (χ0n) is 16.6. The van der Waals surface area contributed by atoms with Crippen LogP contribution in [-0.2, 0) is 16.1 Å².